The first-order valence-electron chi connectivity index (χ1n) is 11.7. The number of benzene rings is 1. The Morgan fingerprint density at radius 1 is 0.938 bits per heavy atom. The van der Waals surface area contributed by atoms with Gasteiger partial charge in [-0.15, -0.1) is 0 Å². The molecule has 3 heterocycles. The summed E-state index contributed by atoms with van der Waals surface area (Å²) in [7, 11) is 0. The predicted octanol–water partition coefficient (Wildman–Crippen LogP) is 2.44. The SMILES string of the molecule is CCOC(=O)C1=NN(c2ccccc2)C(C(=O)N2CCC(C(=O)N3CCCCC3)CC2)C1. The second-order valence-electron chi connectivity index (χ2n) is 8.65. The minimum Gasteiger partial charge on any atom is -0.461 e. The van der Waals surface area contributed by atoms with Crippen molar-refractivity contribution in [3.8, 4) is 0 Å². The van der Waals surface area contributed by atoms with Crippen molar-refractivity contribution >= 4 is 29.2 Å². The number of likely N-dealkylation sites (tertiary alicyclic amines) is 2. The van der Waals surface area contributed by atoms with E-state index < -0.39 is 12.0 Å². The van der Waals surface area contributed by atoms with Crippen molar-refractivity contribution in [1.82, 2.24) is 9.80 Å². The number of hydrogen-bond donors (Lipinski definition) is 0. The third kappa shape index (κ3) is 4.79. The van der Waals surface area contributed by atoms with Crippen LogP contribution < -0.4 is 5.01 Å². The number of para-hydroxylation sites is 1. The summed E-state index contributed by atoms with van der Waals surface area (Å²) >= 11 is 0. The molecule has 2 saturated heterocycles. The molecule has 172 valence electrons. The van der Waals surface area contributed by atoms with E-state index in [0.29, 0.717) is 25.9 Å². The molecule has 32 heavy (non-hydrogen) atoms. The molecule has 1 atom stereocenters. The topological polar surface area (TPSA) is 82.5 Å². The van der Waals surface area contributed by atoms with E-state index in [1.54, 1.807) is 11.9 Å². The van der Waals surface area contributed by atoms with Crippen LogP contribution in [0.4, 0.5) is 5.69 Å². The van der Waals surface area contributed by atoms with Crippen LogP contribution in [0.25, 0.3) is 0 Å². The van der Waals surface area contributed by atoms with Crippen molar-refractivity contribution < 1.29 is 19.1 Å². The first-order chi connectivity index (χ1) is 15.6. The van der Waals surface area contributed by atoms with Crippen LogP contribution in [0.3, 0.4) is 0 Å². The van der Waals surface area contributed by atoms with E-state index in [-0.39, 0.29) is 36.5 Å². The van der Waals surface area contributed by atoms with E-state index in [4.69, 9.17) is 4.74 Å². The van der Waals surface area contributed by atoms with Crippen molar-refractivity contribution in [1.29, 1.82) is 0 Å². The zero-order valence-electron chi connectivity index (χ0n) is 18.7. The van der Waals surface area contributed by atoms with Crippen LogP contribution in [0.2, 0.25) is 0 Å². The summed E-state index contributed by atoms with van der Waals surface area (Å²) < 4.78 is 5.12. The van der Waals surface area contributed by atoms with E-state index in [2.05, 4.69) is 5.10 Å². The number of amides is 2. The molecular formula is C24H32N4O4. The van der Waals surface area contributed by atoms with Crippen molar-refractivity contribution in [3.05, 3.63) is 30.3 Å². The van der Waals surface area contributed by atoms with Crippen LogP contribution in [0.1, 0.15) is 45.4 Å². The maximum atomic E-state index is 13.5. The number of ether oxygens (including phenoxy) is 1. The number of piperidine rings is 2. The first kappa shape index (κ1) is 22.3. The van der Waals surface area contributed by atoms with Gasteiger partial charge < -0.3 is 14.5 Å². The van der Waals surface area contributed by atoms with E-state index in [1.807, 2.05) is 40.1 Å². The highest BCUT2D eigenvalue weighted by atomic mass is 16.5. The number of rotatable bonds is 5. The molecule has 1 aromatic rings. The third-order valence-corrected chi connectivity index (χ3v) is 6.55. The summed E-state index contributed by atoms with van der Waals surface area (Å²) in [5.74, 6) is -0.288. The summed E-state index contributed by atoms with van der Waals surface area (Å²) in [5.41, 5.74) is 1.03. The second-order valence-corrected chi connectivity index (χ2v) is 8.65. The van der Waals surface area contributed by atoms with Crippen molar-refractivity contribution in [3.63, 3.8) is 0 Å². The number of hydrazone groups is 1. The predicted molar refractivity (Wildman–Crippen MR) is 121 cm³/mol. The van der Waals surface area contributed by atoms with Crippen LogP contribution in [0, 0.1) is 5.92 Å². The highest BCUT2D eigenvalue weighted by Gasteiger charge is 2.40. The van der Waals surface area contributed by atoms with Gasteiger partial charge in [-0.2, -0.15) is 5.10 Å². The Balaban J connectivity index is 1.41. The molecule has 0 saturated carbocycles. The number of carbonyl (C=O) groups is 3. The van der Waals surface area contributed by atoms with E-state index in [0.717, 1.165) is 31.6 Å². The molecule has 1 aromatic carbocycles. The van der Waals surface area contributed by atoms with Crippen LogP contribution in [0.5, 0.6) is 0 Å². The summed E-state index contributed by atoms with van der Waals surface area (Å²) in [6.07, 6.45) is 4.96. The van der Waals surface area contributed by atoms with E-state index in [9.17, 15) is 14.4 Å². The van der Waals surface area contributed by atoms with Gasteiger partial charge in [0.25, 0.3) is 0 Å². The Morgan fingerprint density at radius 2 is 1.59 bits per heavy atom. The smallest absolute Gasteiger partial charge is 0.354 e. The standard InChI is InChI=1S/C24H32N4O4/c1-2-32-24(31)20-17-21(28(25-20)19-9-5-3-6-10-19)23(30)27-15-11-18(12-16-27)22(29)26-13-7-4-8-14-26/h3,5-6,9-10,18,21H,2,4,7-8,11-17H2,1H3. The summed E-state index contributed by atoms with van der Waals surface area (Å²) in [5, 5.41) is 6.08. The summed E-state index contributed by atoms with van der Waals surface area (Å²) in [4.78, 5) is 42.4. The van der Waals surface area contributed by atoms with E-state index >= 15 is 0 Å². The minimum absolute atomic E-state index is 0.00250. The lowest BCUT2D eigenvalue weighted by molar-refractivity contribution is -0.141. The van der Waals surface area contributed by atoms with Gasteiger partial charge in [-0.25, -0.2) is 4.79 Å². The van der Waals surface area contributed by atoms with Gasteiger partial charge in [0.15, 0.2) is 0 Å². The zero-order chi connectivity index (χ0) is 22.5. The van der Waals surface area contributed by atoms with Gasteiger partial charge in [-0.1, -0.05) is 18.2 Å². The highest BCUT2D eigenvalue weighted by molar-refractivity contribution is 6.38. The minimum atomic E-state index is -0.578. The number of nitrogens with zero attached hydrogens (tertiary/aromatic N) is 4. The maximum Gasteiger partial charge on any atom is 0.354 e. The number of hydrogen-bond acceptors (Lipinski definition) is 6. The molecule has 0 radical (unpaired) electrons. The third-order valence-electron chi connectivity index (χ3n) is 6.55. The number of carbonyl (C=O) groups excluding carboxylic acids is 3. The molecule has 8 heteroatoms. The molecule has 0 N–H and O–H groups in total. The van der Waals surface area contributed by atoms with Gasteiger partial charge in [0.1, 0.15) is 11.8 Å². The highest BCUT2D eigenvalue weighted by Crippen LogP contribution is 2.28. The first-order valence-corrected chi connectivity index (χ1v) is 11.7. The quantitative estimate of drug-likeness (QED) is 0.657. The molecule has 2 fully saturated rings. The van der Waals surface area contributed by atoms with Gasteiger partial charge in [-0.05, 0) is 51.2 Å². The number of anilines is 1. The maximum absolute atomic E-state index is 13.5. The lowest BCUT2D eigenvalue weighted by Gasteiger charge is -2.37. The number of esters is 1. The lowest BCUT2D eigenvalue weighted by Crippen LogP contribution is -2.50. The largest absolute Gasteiger partial charge is 0.461 e. The monoisotopic (exact) mass is 440 g/mol. The van der Waals surface area contributed by atoms with Crippen molar-refractivity contribution in [2.45, 2.75) is 51.5 Å². The molecule has 0 spiro atoms. The van der Waals surface area contributed by atoms with Gasteiger partial charge in [0, 0.05) is 38.5 Å². The van der Waals surface area contributed by atoms with Gasteiger partial charge in [0.05, 0.1) is 12.3 Å². The molecule has 1 unspecified atom stereocenters. The van der Waals surface area contributed by atoms with Gasteiger partial charge in [-0.3, -0.25) is 14.6 Å². The fourth-order valence-corrected chi connectivity index (χ4v) is 4.79. The van der Waals surface area contributed by atoms with Crippen LogP contribution in [-0.2, 0) is 19.1 Å². The Morgan fingerprint density at radius 3 is 2.25 bits per heavy atom. The Hall–Kier alpha value is -2.90. The fourth-order valence-electron chi connectivity index (χ4n) is 4.79. The Bertz CT molecular complexity index is 858. The Kier molecular flexibility index (Phi) is 7.07. The van der Waals surface area contributed by atoms with Gasteiger partial charge >= 0.3 is 5.97 Å². The van der Waals surface area contributed by atoms with Crippen molar-refractivity contribution in [2.75, 3.05) is 37.8 Å². The molecule has 8 nitrogen and oxygen atoms in total. The molecule has 3 aliphatic heterocycles. The molecule has 0 aromatic heterocycles. The zero-order valence-corrected chi connectivity index (χ0v) is 18.7. The Labute approximate surface area is 189 Å². The van der Waals surface area contributed by atoms with Crippen LogP contribution in [0.15, 0.2) is 35.4 Å². The fraction of sp³-hybridized carbons (Fsp3) is 0.583. The summed E-state index contributed by atoms with van der Waals surface area (Å²) in [6.45, 7) is 4.84. The molecule has 0 aliphatic carbocycles. The molecule has 3 aliphatic rings. The second kappa shape index (κ2) is 10.1. The molecule has 0 bridgehead atoms. The van der Waals surface area contributed by atoms with Crippen molar-refractivity contribution in [2.24, 2.45) is 11.0 Å². The lowest BCUT2D eigenvalue weighted by atomic mass is 9.93. The normalized spacial score (nSPS) is 22.0. The van der Waals surface area contributed by atoms with Crippen LogP contribution in [-0.4, -0.2) is 72.1 Å². The van der Waals surface area contributed by atoms with E-state index in [1.165, 1.54) is 6.42 Å². The molecule has 4 rings (SSSR count). The van der Waals surface area contributed by atoms with Gasteiger partial charge in [0.2, 0.25) is 11.8 Å². The molecule has 2 amide bonds. The average molecular weight is 441 g/mol. The molecular weight excluding hydrogens is 408 g/mol. The summed E-state index contributed by atoms with van der Waals surface area (Å²) in [6, 6.07) is 8.84. The van der Waals surface area contributed by atoms with Crippen LogP contribution >= 0.6 is 0 Å². The average Bonchev–Trinajstić information content (AvgIpc) is 3.30.